The first-order valence-corrected chi connectivity index (χ1v) is 8.08. The molecule has 2 saturated heterocycles. The second-order valence-electron chi connectivity index (χ2n) is 5.17. The molecule has 0 aromatic heterocycles. The molecule has 2 heterocycles. The molecule has 8 heteroatoms. The summed E-state index contributed by atoms with van der Waals surface area (Å²) in [6, 6.07) is -1.42. The highest BCUT2D eigenvalue weighted by Crippen LogP contribution is 2.27. The molecule has 3 atom stereocenters. The Labute approximate surface area is 127 Å². The summed E-state index contributed by atoms with van der Waals surface area (Å²) in [5.74, 6) is -0.378. The zero-order valence-corrected chi connectivity index (χ0v) is 13.0. The number of hydrogen-bond donors (Lipinski definition) is 1. The van der Waals surface area contributed by atoms with Crippen LogP contribution in [0.3, 0.4) is 0 Å². The van der Waals surface area contributed by atoms with Gasteiger partial charge in [-0.2, -0.15) is 0 Å². The smallest absolute Gasteiger partial charge is 0.326 e. The van der Waals surface area contributed by atoms with Gasteiger partial charge in [-0.3, -0.25) is 9.59 Å². The minimum Gasteiger partial charge on any atom is -0.480 e. The predicted octanol–water partition coefficient (Wildman–Crippen LogP) is -0.00160. The Morgan fingerprint density at radius 3 is 2.57 bits per heavy atom. The molecule has 3 unspecified atom stereocenters. The van der Waals surface area contributed by atoms with Gasteiger partial charge in [0.1, 0.15) is 12.1 Å². The third kappa shape index (κ3) is 3.16. The van der Waals surface area contributed by atoms with Crippen molar-refractivity contribution in [2.24, 2.45) is 0 Å². The van der Waals surface area contributed by atoms with Gasteiger partial charge in [0.15, 0.2) is 0 Å². The van der Waals surface area contributed by atoms with Crippen LogP contribution in [0.1, 0.15) is 19.8 Å². The zero-order valence-electron chi connectivity index (χ0n) is 12.2. The molecule has 0 saturated carbocycles. The Hall–Kier alpha value is -1.28. The lowest BCUT2D eigenvalue weighted by Crippen LogP contribution is -2.52. The molecule has 2 aliphatic rings. The van der Waals surface area contributed by atoms with E-state index in [0.717, 1.165) is 0 Å². The SMILES string of the molecule is CCC(=O)N1CSCC1C(=O)N1CC(OC)CC1C(=O)O. The highest BCUT2D eigenvalue weighted by molar-refractivity contribution is 7.99. The molecule has 1 N–H and O–H groups in total. The maximum Gasteiger partial charge on any atom is 0.326 e. The number of thioether (sulfide) groups is 1. The number of carbonyl (C=O) groups is 3. The molecule has 2 amide bonds. The zero-order chi connectivity index (χ0) is 15.6. The first-order chi connectivity index (χ1) is 9.99. The number of aliphatic carboxylic acids is 1. The van der Waals surface area contributed by atoms with Crippen molar-refractivity contribution in [2.75, 3.05) is 25.3 Å². The van der Waals surface area contributed by atoms with Gasteiger partial charge in [-0.1, -0.05) is 6.92 Å². The number of hydrogen-bond acceptors (Lipinski definition) is 5. The summed E-state index contributed by atoms with van der Waals surface area (Å²) >= 11 is 1.52. The Bertz CT molecular complexity index is 444. The third-order valence-electron chi connectivity index (χ3n) is 3.95. The summed E-state index contributed by atoms with van der Waals surface area (Å²) in [4.78, 5) is 38.8. The number of nitrogens with zero attached hydrogens (tertiary/aromatic N) is 2. The van der Waals surface area contributed by atoms with Gasteiger partial charge in [-0.25, -0.2) is 4.79 Å². The van der Waals surface area contributed by atoms with Crippen molar-refractivity contribution in [1.82, 2.24) is 9.80 Å². The Morgan fingerprint density at radius 2 is 2.00 bits per heavy atom. The maximum absolute atomic E-state index is 12.7. The molecule has 2 rings (SSSR count). The molecule has 0 aromatic rings. The van der Waals surface area contributed by atoms with Crippen LogP contribution < -0.4 is 0 Å². The first-order valence-electron chi connectivity index (χ1n) is 6.92. The van der Waals surface area contributed by atoms with E-state index in [1.807, 2.05) is 0 Å². The third-order valence-corrected chi connectivity index (χ3v) is 4.97. The van der Waals surface area contributed by atoms with Crippen LogP contribution in [-0.4, -0.2) is 76.2 Å². The molecule has 0 radical (unpaired) electrons. The van der Waals surface area contributed by atoms with Gasteiger partial charge in [0, 0.05) is 32.2 Å². The number of carboxylic acid groups (broad SMARTS) is 1. The Morgan fingerprint density at radius 1 is 1.29 bits per heavy atom. The molecule has 2 fully saturated rings. The Kier molecular flexibility index (Phi) is 5.10. The van der Waals surface area contributed by atoms with Crippen LogP contribution in [0.25, 0.3) is 0 Å². The van der Waals surface area contributed by atoms with Crippen LogP contribution in [0, 0.1) is 0 Å². The first kappa shape index (κ1) is 16.1. The van der Waals surface area contributed by atoms with Crippen LogP contribution in [-0.2, 0) is 19.1 Å². The van der Waals surface area contributed by atoms with E-state index < -0.39 is 18.1 Å². The average molecular weight is 316 g/mol. The normalized spacial score (nSPS) is 29.0. The summed E-state index contributed by atoms with van der Waals surface area (Å²) in [5.41, 5.74) is 0. The molecular weight excluding hydrogens is 296 g/mol. The number of methoxy groups -OCH3 is 1. The van der Waals surface area contributed by atoms with Crippen molar-refractivity contribution in [2.45, 2.75) is 38.0 Å². The van der Waals surface area contributed by atoms with E-state index in [9.17, 15) is 19.5 Å². The minimum absolute atomic E-state index is 0.0762. The topological polar surface area (TPSA) is 87.2 Å². The molecule has 21 heavy (non-hydrogen) atoms. The molecule has 2 aliphatic heterocycles. The van der Waals surface area contributed by atoms with Crippen LogP contribution in [0.4, 0.5) is 0 Å². The monoisotopic (exact) mass is 316 g/mol. The summed E-state index contributed by atoms with van der Waals surface area (Å²) in [6.07, 6.45) is 0.367. The number of likely N-dealkylation sites (tertiary alicyclic amines) is 1. The van der Waals surface area contributed by atoms with Gasteiger partial charge in [0.2, 0.25) is 11.8 Å². The van der Waals surface area contributed by atoms with Crippen LogP contribution in [0.15, 0.2) is 0 Å². The van der Waals surface area contributed by atoms with E-state index in [4.69, 9.17) is 4.74 Å². The van der Waals surface area contributed by atoms with Crippen molar-refractivity contribution in [3.8, 4) is 0 Å². The van der Waals surface area contributed by atoms with E-state index in [2.05, 4.69) is 0 Å². The van der Waals surface area contributed by atoms with Crippen LogP contribution in [0.5, 0.6) is 0 Å². The van der Waals surface area contributed by atoms with Gasteiger partial charge >= 0.3 is 5.97 Å². The van der Waals surface area contributed by atoms with E-state index >= 15 is 0 Å². The fraction of sp³-hybridized carbons (Fsp3) is 0.769. The summed E-state index contributed by atoms with van der Waals surface area (Å²) in [6.45, 7) is 2.02. The number of carbonyl (C=O) groups excluding carboxylic acids is 2. The Balaban J connectivity index is 2.14. The lowest BCUT2D eigenvalue weighted by molar-refractivity contribution is -0.151. The maximum atomic E-state index is 12.7. The van der Waals surface area contributed by atoms with Gasteiger partial charge in [-0.05, 0) is 0 Å². The summed E-state index contributed by atoms with van der Waals surface area (Å²) in [7, 11) is 1.51. The van der Waals surface area contributed by atoms with Gasteiger partial charge < -0.3 is 19.6 Å². The van der Waals surface area contributed by atoms with Gasteiger partial charge in [0.05, 0.1) is 12.0 Å². The van der Waals surface area contributed by atoms with E-state index in [-0.39, 0.29) is 24.5 Å². The largest absolute Gasteiger partial charge is 0.480 e. The summed E-state index contributed by atoms with van der Waals surface area (Å²) in [5, 5.41) is 9.27. The van der Waals surface area contributed by atoms with E-state index in [1.165, 1.54) is 23.8 Å². The van der Waals surface area contributed by atoms with Crippen molar-refractivity contribution >= 4 is 29.5 Å². The van der Waals surface area contributed by atoms with Crippen LogP contribution >= 0.6 is 11.8 Å². The van der Waals surface area contributed by atoms with Gasteiger partial charge in [0.25, 0.3) is 0 Å². The average Bonchev–Trinajstić information content (AvgIpc) is 3.12. The molecule has 0 spiro atoms. The van der Waals surface area contributed by atoms with Crippen molar-refractivity contribution in [3.63, 3.8) is 0 Å². The summed E-state index contributed by atoms with van der Waals surface area (Å²) < 4.78 is 5.19. The fourth-order valence-electron chi connectivity index (χ4n) is 2.73. The van der Waals surface area contributed by atoms with Crippen molar-refractivity contribution in [1.29, 1.82) is 0 Å². The molecule has 0 aromatic carbocycles. The van der Waals surface area contributed by atoms with Crippen molar-refractivity contribution in [3.05, 3.63) is 0 Å². The number of rotatable bonds is 4. The molecule has 0 bridgehead atoms. The second kappa shape index (κ2) is 6.65. The molecule has 118 valence electrons. The van der Waals surface area contributed by atoms with E-state index in [1.54, 1.807) is 11.8 Å². The fourth-order valence-corrected chi connectivity index (χ4v) is 3.91. The lowest BCUT2D eigenvalue weighted by atomic mass is 10.2. The van der Waals surface area contributed by atoms with E-state index in [0.29, 0.717) is 24.5 Å². The minimum atomic E-state index is -1.03. The molecule has 0 aliphatic carbocycles. The highest BCUT2D eigenvalue weighted by Gasteiger charge is 2.45. The highest BCUT2D eigenvalue weighted by atomic mass is 32.2. The number of amides is 2. The molecule has 7 nitrogen and oxygen atoms in total. The quantitative estimate of drug-likeness (QED) is 0.785. The lowest BCUT2D eigenvalue weighted by Gasteiger charge is -2.29. The number of carboxylic acids is 1. The van der Waals surface area contributed by atoms with Gasteiger partial charge in [-0.15, -0.1) is 11.8 Å². The van der Waals surface area contributed by atoms with Crippen molar-refractivity contribution < 1.29 is 24.2 Å². The second-order valence-corrected chi connectivity index (χ2v) is 6.17. The standard InChI is InChI=1S/C13H20N2O5S/c1-3-11(16)15-7-21-6-10(15)12(17)14-5-8(20-2)4-9(14)13(18)19/h8-10H,3-7H2,1-2H3,(H,18,19). The molecular formula is C13H20N2O5S. The van der Waals surface area contributed by atoms with Crippen LogP contribution in [0.2, 0.25) is 0 Å². The predicted molar refractivity (Wildman–Crippen MR) is 76.8 cm³/mol. The number of ether oxygens (including phenoxy) is 1.